The largest absolute Gasteiger partial charge is 0.426 e. The molecule has 0 aromatic heterocycles. The molecular formula is C19H25N3O3. The van der Waals surface area contributed by atoms with Gasteiger partial charge in [-0.2, -0.15) is 0 Å². The van der Waals surface area contributed by atoms with Crippen LogP contribution in [0.5, 0.6) is 0 Å². The lowest BCUT2D eigenvalue weighted by atomic mass is 10.2. The standard InChI is InChI=1S/C19H25N3O3/c1-7-8-17(25-18(24)10-20)9-14(4)12-22-19(15(5)16(6)23)21-11-13(2)3/h7-8,10-13,20H,1,4,9H2,2-3,5-6H3/b17-8+,19-15-,20-10?,21-11-,22-12-. The molecule has 0 heterocycles. The SMILES string of the molecule is C=C/C=C(\CC(=C)\C=N/C(/N=C\C(C)C)=C(/C)C(C)=O)OC(=O)C=N. The van der Waals surface area contributed by atoms with Crippen LogP contribution < -0.4 is 0 Å². The molecule has 0 aliphatic heterocycles. The van der Waals surface area contributed by atoms with E-state index in [9.17, 15) is 9.59 Å². The van der Waals surface area contributed by atoms with Crippen molar-refractivity contribution in [2.75, 3.05) is 0 Å². The van der Waals surface area contributed by atoms with Crippen LogP contribution in [0, 0.1) is 11.3 Å². The van der Waals surface area contributed by atoms with Crippen molar-refractivity contribution in [2.24, 2.45) is 15.9 Å². The zero-order valence-corrected chi connectivity index (χ0v) is 15.2. The molecule has 0 aliphatic carbocycles. The van der Waals surface area contributed by atoms with Crippen molar-refractivity contribution in [2.45, 2.75) is 34.1 Å². The number of rotatable bonds is 10. The van der Waals surface area contributed by atoms with Crippen LogP contribution in [0.15, 0.2) is 58.0 Å². The van der Waals surface area contributed by atoms with E-state index in [1.807, 2.05) is 13.8 Å². The van der Waals surface area contributed by atoms with Gasteiger partial charge in [0.2, 0.25) is 0 Å². The summed E-state index contributed by atoms with van der Waals surface area (Å²) < 4.78 is 4.97. The molecule has 0 spiro atoms. The number of carbonyl (C=O) groups is 2. The summed E-state index contributed by atoms with van der Waals surface area (Å²) in [5.74, 6) is -0.0819. The number of allylic oxidation sites excluding steroid dienone is 4. The van der Waals surface area contributed by atoms with E-state index in [1.165, 1.54) is 25.3 Å². The number of ether oxygens (including phenoxy) is 1. The Morgan fingerprint density at radius 1 is 1.24 bits per heavy atom. The molecule has 0 atom stereocenters. The minimum absolute atomic E-state index is 0.120. The molecular weight excluding hydrogens is 318 g/mol. The van der Waals surface area contributed by atoms with E-state index >= 15 is 0 Å². The number of hydrogen-bond acceptors (Lipinski definition) is 6. The van der Waals surface area contributed by atoms with Crippen molar-refractivity contribution in [3.8, 4) is 0 Å². The molecule has 0 saturated carbocycles. The number of aliphatic imine (C=N–C) groups is 2. The molecule has 0 saturated heterocycles. The first-order valence-corrected chi connectivity index (χ1v) is 7.73. The van der Waals surface area contributed by atoms with Crippen molar-refractivity contribution in [1.29, 1.82) is 5.41 Å². The summed E-state index contributed by atoms with van der Waals surface area (Å²) >= 11 is 0. The second-order valence-electron chi connectivity index (χ2n) is 5.55. The van der Waals surface area contributed by atoms with Gasteiger partial charge in [0.25, 0.3) is 0 Å². The molecule has 6 heteroatoms. The Bertz CT molecular complexity index is 665. The van der Waals surface area contributed by atoms with Gasteiger partial charge < -0.3 is 10.1 Å². The maximum atomic E-state index is 11.6. The Morgan fingerprint density at radius 3 is 2.36 bits per heavy atom. The number of ketones is 1. The molecule has 0 aromatic carbocycles. The van der Waals surface area contributed by atoms with E-state index in [2.05, 4.69) is 23.1 Å². The highest BCUT2D eigenvalue weighted by Gasteiger charge is 2.07. The molecule has 25 heavy (non-hydrogen) atoms. The van der Waals surface area contributed by atoms with Gasteiger partial charge in [0.15, 0.2) is 11.6 Å². The van der Waals surface area contributed by atoms with Gasteiger partial charge in [-0.3, -0.25) is 4.79 Å². The zero-order valence-electron chi connectivity index (χ0n) is 15.2. The fraction of sp³-hybridized carbons (Fsp3) is 0.316. The Hall–Kier alpha value is -2.89. The number of hydrogen-bond donors (Lipinski definition) is 1. The van der Waals surface area contributed by atoms with E-state index < -0.39 is 5.97 Å². The van der Waals surface area contributed by atoms with Gasteiger partial charge in [-0.25, -0.2) is 14.8 Å². The third kappa shape index (κ3) is 9.76. The van der Waals surface area contributed by atoms with Crippen molar-refractivity contribution in [1.82, 2.24) is 0 Å². The Kier molecular flexibility index (Phi) is 10.3. The first kappa shape index (κ1) is 22.1. The first-order valence-electron chi connectivity index (χ1n) is 7.73. The van der Waals surface area contributed by atoms with Gasteiger partial charge in [0, 0.05) is 24.4 Å². The van der Waals surface area contributed by atoms with Crippen LogP contribution in [0.1, 0.15) is 34.1 Å². The van der Waals surface area contributed by atoms with Crippen LogP contribution in [0.2, 0.25) is 0 Å². The molecule has 0 amide bonds. The third-order valence-electron chi connectivity index (χ3n) is 2.78. The van der Waals surface area contributed by atoms with Crippen LogP contribution in [-0.4, -0.2) is 30.4 Å². The van der Waals surface area contributed by atoms with Gasteiger partial charge in [-0.15, -0.1) is 0 Å². The molecule has 6 nitrogen and oxygen atoms in total. The number of esters is 1. The second-order valence-corrected chi connectivity index (χ2v) is 5.55. The highest BCUT2D eigenvalue weighted by atomic mass is 16.5. The predicted octanol–water partition coefficient (Wildman–Crippen LogP) is 3.81. The van der Waals surface area contributed by atoms with Crippen LogP contribution in [0.3, 0.4) is 0 Å². The van der Waals surface area contributed by atoms with Gasteiger partial charge in [-0.05, 0) is 31.4 Å². The molecule has 0 aromatic rings. The van der Waals surface area contributed by atoms with Crippen molar-refractivity contribution >= 4 is 30.4 Å². The summed E-state index contributed by atoms with van der Waals surface area (Å²) in [6, 6.07) is 0. The van der Waals surface area contributed by atoms with Crippen LogP contribution >= 0.6 is 0 Å². The van der Waals surface area contributed by atoms with Gasteiger partial charge in [0.05, 0.1) is 0 Å². The third-order valence-corrected chi connectivity index (χ3v) is 2.78. The molecule has 1 N–H and O–H groups in total. The van der Waals surface area contributed by atoms with Gasteiger partial charge >= 0.3 is 5.97 Å². The minimum atomic E-state index is -0.785. The van der Waals surface area contributed by atoms with Gasteiger partial charge in [0.1, 0.15) is 12.0 Å². The van der Waals surface area contributed by atoms with Crippen molar-refractivity contribution in [3.05, 3.63) is 48.0 Å². The van der Waals surface area contributed by atoms with E-state index in [0.717, 1.165) is 0 Å². The fourth-order valence-corrected chi connectivity index (χ4v) is 1.45. The van der Waals surface area contributed by atoms with Crippen LogP contribution in [0.25, 0.3) is 0 Å². The average Bonchev–Trinajstić information content (AvgIpc) is 2.53. The Labute approximate surface area is 148 Å². The lowest BCUT2D eigenvalue weighted by Gasteiger charge is -2.06. The minimum Gasteiger partial charge on any atom is -0.426 e. The fourth-order valence-electron chi connectivity index (χ4n) is 1.45. The normalized spacial score (nSPS) is 13.1. The predicted molar refractivity (Wildman–Crippen MR) is 102 cm³/mol. The highest BCUT2D eigenvalue weighted by molar-refractivity contribution is 6.22. The number of Topliss-reactive ketones (excluding diaryl/α,β-unsaturated/α-hetero) is 1. The summed E-state index contributed by atoms with van der Waals surface area (Å²) in [4.78, 5) is 31.2. The monoisotopic (exact) mass is 343 g/mol. The second kappa shape index (κ2) is 11.6. The number of carbonyl (C=O) groups excluding carboxylic acids is 2. The average molecular weight is 343 g/mol. The molecule has 0 rings (SSSR count). The summed E-state index contributed by atoms with van der Waals surface area (Å²) in [6.07, 6.45) is 6.93. The Balaban J connectivity index is 5.31. The number of nitrogens with one attached hydrogen (secondary N) is 1. The van der Waals surface area contributed by atoms with Crippen molar-refractivity contribution < 1.29 is 14.3 Å². The van der Waals surface area contributed by atoms with E-state index in [0.29, 0.717) is 28.9 Å². The molecule has 0 aliphatic rings. The molecule has 0 radical (unpaired) electrons. The molecule has 0 unspecified atom stereocenters. The lowest BCUT2D eigenvalue weighted by Crippen LogP contribution is -2.05. The van der Waals surface area contributed by atoms with Crippen LogP contribution in [0.4, 0.5) is 0 Å². The molecule has 0 bridgehead atoms. The summed E-state index contributed by atoms with van der Waals surface area (Å²) in [6.45, 7) is 14.4. The summed E-state index contributed by atoms with van der Waals surface area (Å²) in [7, 11) is 0. The quantitative estimate of drug-likeness (QED) is 0.215. The Morgan fingerprint density at radius 2 is 1.88 bits per heavy atom. The van der Waals surface area contributed by atoms with Gasteiger partial charge in [-0.1, -0.05) is 33.1 Å². The van der Waals surface area contributed by atoms with Crippen molar-refractivity contribution in [3.63, 3.8) is 0 Å². The summed E-state index contributed by atoms with van der Waals surface area (Å²) in [5, 5.41) is 6.87. The maximum Gasteiger partial charge on any atom is 0.353 e. The van der Waals surface area contributed by atoms with E-state index in [4.69, 9.17) is 10.1 Å². The smallest absolute Gasteiger partial charge is 0.353 e. The topological polar surface area (TPSA) is 91.9 Å². The number of nitrogens with zero attached hydrogens (tertiary/aromatic N) is 2. The zero-order chi connectivity index (χ0) is 19.4. The highest BCUT2D eigenvalue weighted by Crippen LogP contribution is 2.13. The van der Waals surface area contributed by atoms with E-state index in [-0.39, 0.29) is 18.1 Å². The summed E-state index contributed by atoms with van der Waals surface area (Å²) in [5.41, 5.74) is 0.984. The maximum absolute atomic E-state index is 11.6. The molecule has 0 fully saturated rings. The lowest BCUT2D eigenvalue weighted by molar-refractivity contribution is -0.131. The van der Waals surface area contributed by atoms with E-state index in [1.54, 1.807) is 13.1 Å². The van der Waals surface area contributed by atoms with Crippen LogP contribution in [-0.2, 0) is 14.3 Å². The first-order chi connectivity index (χ1) is 11.7. The molecule has 134 valence electrons.